The third-order valence-corrected chi connectivity index (χ3v) is 4.16. The topological polar surface area (TPSA) is 166 Å². The Labute approximate surface area is 140 Å². The third kappa shape index (κ3) is 3.26. The molecule has 136 valence electrons. The van der Waals surface area contributed by atoms with Crippen molar-refractivity contribution < 1.29 is 20.1 Å². The summed E-state index contributed by atoms with van der Waals surface area (Å²) >= 11 is 0. The van der Waals surface area contributed by atoms with Crippen LogP contribution in [0, 0.1) is 0 Å². The summed E-state index contributed by atoms with van der Waals surface area (Å²) in [5.74, 6) is 0. The third-order valence-electron chi connectivity index (χ3n) is 4.16. The first-order valence-corrected chi connectivity index (χ1v) is 7.81. The van der Waals surface area contributed by atoms with Gasteiger partial charge in [-0.05, 0) is 6.92 Å². The van der Waals surface area contributed by atoms with Crippen molar-refractivity contribution in [1.29, 1.82) is 0 Å². The number of aliphatic hydroxyl groups excluding tert-OH is 3. The Morgan fingerprint density at radius 2 is 2.04 bits per heavy atom. The molecule has 2 aromatic rings. The van der Waals surface area contributed by atoms with Crippen molar-refractivity contribution in [1.82, 2.24) is 25.0 Å². The first-order valence-electron chi connectivity index (χ1n) is 7.81. The zero-order chi connectivity index (χ0) is 18.1. The van der Waals surface area contributed by atoms with Gasteiger partial charge in [-0.3, -0.25) is 14.5 Å². The van der Waals surface area contributed by atoms with E-state index >= 15 is 0 Å². The van der Waals surface area contributed by atoms with Gasteiger partial charge in [-0.2, -0.15) is 0 Å². The number of aliphatic hydroxyl groups is 3. The van der Waals surface area contributed by atoms with Crippen LogP contribution in [0.15, 0.2) is 15.8 Å². The summed E-state index contributed by atoms with van der Waals surface area (Å²) in [6, 6.07) is 0. The lowest BCUT2D eigenvalue weighted by Gasteiger charge is -2.16. The average Bonchev–Trinajstić information content (AvgIpc) is 3.13. The molecule has 1 aliphatic heterocycles. The first kappa shape index (κ1) is 17.5. The maximum absolute atomic E-state index is 12.3. The van der Waals surface area contributed by atoms with Crippen LogP contribution in [0.1, 0.15) is 30.0 Å². The first-order chi connectivity index (χ1) is 11.9. The maximum atomic E-state index is 12.3. The van der Waals surface area contributed by atoms with Crippen molar-refractivity contribution in [3.63, 3.8) is 0 Å². The van der Waals surface area contributed by atoms with E-state index in [1.54, 1.807) is 10.9 Å². The predicted octanol–water partition coefficient (Wildman–Crippen LogP) is -2.58. The van der Waals surface area contributed by atoms with Gasteiger partial charge in [-0.25, -0.2) is 4.79 Å². The molecule has 3 rings (SSSR count). The lowest BCUT2D eigenvalue weighted by Crippen LogP contribution is -2.35. The molecular weight excluding hydrogens is 334 g/mol. The molecule has 0 aromatic carbocycles. The van der Waals surface area contributed by atoms with Crippen molar-refractivity contribution in [2.45, 2.75) is 44.3 Å². The fourth-order valence-corrected chi connectivity index (χ4v) is 2.88. The van der Waals surface area contributed by atoms with Crippen LogP contribution < -0.4 is 11.2 Å². The number of rotatable bonds is 5. The number of aryl methyl sites for hydroxylation is 1. The Balaban J connectivity index is 2.01. The normalized spacial score (nSPS) is 26.2. The molecule has 0 aliphatic carbocycles. The van der Waals surface area contributed by atoms with Crippen LogP contribution in [0.3, 0.4) is 0 Å². The van der Waals surface area contributed by atoms with E-state index < -0.39 is 42.3 Å². The van der Waals surface area contributed by atoms with Gasteiger partial charge >= 0.3 is 5.69 Å². The molecular formula is C14H19N5O6. The van der Waals surface area contributed by atoms with Crippen LogP contribution in [0.25, 0.3) is 0 Å². The molecule has 4 atom stereocenters. The van der Waals surface area contributed by atoms with E-state index in [4.69, 9.17) is 4.74 Å². The summed E-state index contributed by atoms with van der Waals surface area (Å²) in [5, 5.41) is 37.1. The lowest BCUT2D eigenvalue weighted by molar-refractivity contribution is -0.0235. The van der Waals surface area contributed by atoms with Crippen LogP contribution in [-0.4, -0.2) is 65.2 Å². The molecule has 3 heterocycles. The van der Waals surface area contributed by atoms with Gasteiger partial charge in [-0.15, -0.1) is 5.10 Å². The minimum atomic E-state index is -1.42. The summed E-state index contributed by atoms with van der Waals surface area (Å²) in [7, 11) is 0. The fraction of sp³-hybridized carbons (Fsp3) is 0.571. The van der Waals surface area contributed by atoms with Gasteiger partial charge < -0.3 is 25.0 Å². The number of ether oxygens (including phenoxy) is 1. The number of nitrogens with zero attached hydrogens (tertiary/aromatic N) is 3. The molecule has 1 unspecified atom stereocenters. The Hall–Kier alpha value is -2.34. The largest absolute Gasteiger partial charge is 0.394 e. The standard InChI is InChI=1S/C14H19N5O6/c1-2-19-4-6(17-18-19)3-7-9(13(23)16-14(24)15-7)12-11(22)10(21)8(5-20)25-12/h4,8,10-12,20-22H,2-3,5H2,1H3,(H2,15,16,23,24)/t8-,10?,11+,12+/m1/s1. The van der Waals surface area contributed by atoms with Gasteiger partial charge in [0.25, 0.3) is 5.56 Å². The van der Waals surface area contributed by atoms with Crippen LogP contribution in [0.4, 0.5) is 0 Å². The summed E-state index contributed by atoms with van der Waals surface area (Å²) in [6.45, 7) is 1.98. The average molecular weight is 353 g/mol. The van der Waals surface area contributed by atoms with Crippen molar-refractivity contribution in [3.05, 3.63) is 44.0 Å². The van der Waals surface area contributed by atoms with E-state index in [-0.39, 0.29) is 17.7 Å². The van der Waals surface area contributed by atoms with Gasteiger partial charge in [0.15, 0.2) is 0 Å². The smallest absolute Gasteiger partial charge is 0.325 e. The molecule has 1 fully saturated rings. The van der Waals surface area contributed by atoms with Gasteiger partial charge in [0, 0.05) is 24.9 Å². The zero-order valence-corrected chi connectivity index (χ0v) is 13.4. The highest BCUT2D eigenvalue weighted by molar-refractivity contribution is 5.26. The van der Waals surface area contributed by atoms with Crippen molar-refractivity contribution >= 4 is 0 Å². The number of H-pyrrole nitrogens is 2. The van der Waals surface area contributed by atoms with E-state index in [0.29, 0.717) is 12.2 Å². The number of aromatic amines is 2. The van der Waals surface area contributed by atoms with E-state index in [2.05, 4.69) is 20.3 Å². The van der Waals surface area contributed by atoms with Gasteiger partial charge in [0.1, 0.15) is 24.4 Å². The Morgan fingerprint density at radius 3 is 2.64 bits per heavy atom. The van der Waals surface area contributed by atoms with Crippen LogP contribution in [-0.2, 0) is 17.7 Å². The number of nitrogens with one attached hydrogen (secondary N) is 2. The number of hydrogen-bond acceptors (Lipinski definition) is 8. The van der Waals surface area contributed by atoms with E-state index in [1.807, 2.05) is 6.92 Å². The van der Waals surface area contributed by atoms with E-state index in [0.717, 1.165) is 0 Å². The SMILES string of the molecule is CCn1cc(Cc2[nH]c(=O)[nH]c(=O)c2[C@@H]2O[C@H](CO)C(O)[C@@H]2O)nn1. The number of aromatic nitrogens is 5. The molecule has 0 bridgehead atoms. The molecule has 1 aliphatic rings. The minimum Gasteiger partial charge on any atom is -0.394 e. The van der Waals surface area contributed by atoms with Gasteiger partial charge in [0.05, 0.1) is 17.9 Å². The van der Waals surface area contributed by atoms with Gasteiger partial charge in [0.2, 0.25) is 0 Å². The molecule has 0 saturated carbocycles. The summed E-state index contributed by atoms with van der Waals surface area (Å²) in [5.41, 5.74) is -0.758. The summed E-state index contributed by atoms with van der Waals surface area (Å²) < 4.78 is 7.00. The predicted molar refractivity (Wildman–Crippen MR) is 82.9 cm³/mol. The molecule has 11 nitrogen and oxygen atoms in total. The Kier molecular flexibility index (Phi) is 4.81. The minimum absolute atomic E-state index is 0.0202. The number of hydrogen-bond donors (Lipinski definition) is 5. The highest BCUT2D eigenvalue weighted by atomic mass is 16.6. The molecule has 1 saturated heterocycles. The fourth-order valence-electron chi connectivity index (χ4n) is 2.88. The highest BCUT2D eigenvalue weighted by Crippen LogP contribution is 2.33. The Morgan fingerprint density at radius 1 is 1.28 bits per heavy atom. The molecule has 0 amide bonds. The molecule has 0 spiro atoms. The molecule has 11 heteroatoms. The van der Waals surface area contributed by atoms with E-state index in [9.17, 15) is 24.9 Å². The van der Waals surface area contributed by atoms with Crippen LogP contribution in [0.5, 0.6) is 0 Å². The quantitative estimate of drug-likeness (QED) is 0.391. The lowest BCUT2D eigenvalue weighted by atomic mass is 9.99. The van der Waals surface area contributed by atoms with Crippen LogP contribution >= 0.6 is 0 Å². The highest BCUT2D eigenvalue weighted by Gasteiger charge is 2.45. The van der Waals surface area contributed by atoms with Gasteiger partial charge in [-0.1, -0.05) is 5.21 Å². The second kappa shape index (κ2) is 6.88. The molecule has 2 aromatic heterocycles. The second-order valence-corrected chi connectivity index (χ2v) is 5.80. The zero-order valence-electron chi connectivity index (χ0n) is 13.4. The van der Waals surface area contributed by atoms with E-state index in [1.165, 1.54) is 0 Å². The summed E-state index contributed by atoms with van der Waals surface area (Å²) in [4.78, 5) is 28.5. The maximum Gasteiger partial charge on any atom is 0.325 e. The molecule has 0 radical (unpaired) electrons. The van der Waals surface area contributed by atoms with Crippen molar-refractivity contribution in [2.75, 3.05) is 6.61 Å². The molecule has 5 N–H and O–H groups in total. The monoisotopic (exact) mass is 353 g/mol. The van der Waals surface area contributed by atoms with Crippen LogP contribution in [0.2, 0.25) is 0 Å². The van der Waals surface area contributed by atoms with Crippen molar-refractivity contribution in [2.24, 2.45) is 0 Å². The Bertz CT molecular complexity index is 858. The van der Waals surface area contributed by atoms with Crippen molar-refractivity contribution in [3.8, 4) is 0 Å². The molecule has 25 heavy (non-hydrogen) atoms. The summed E-state index contributed by atoms with van der Waals surface area (Å²) in [6.07, 6.45) is -3.24. The second-order valence-electron chi connectivity index (χ2n) is 5.80.